The summed E-state index contributed by atoms with van der Waals surface area (Å²) in [7, 11) is 0. The maximum Gasteiger partial charge on any atom is 0.433 e. The highest BCUT2D eigenvalue weighted by Gasteiger charge is 2.12. The Bertz CT molecular complexity index is 1030. The summed E-state index contributed by atoms with van der Waals surface area (Å²) < 4.78 is 10.1. The van der Waals surface area contributed by atoms with E-state index < -0.39 is 16.8 Å². The maximum absolute atomic E-state index is 11.8. The van der Waals surface area contributed by atoms with E-state index in [1.807, 2.05) is 31.2 Å². The number of carbonyl (C=O) groups excluding carboxylic acids is 1. The monoisotopic (exact) mass is 372 g/mol. The maximum atomic E-state index is 11.8. The third-order valence-electron chi connectivity index (χ3n) is 3.67. The van der Waals surface area contributed by atoms with E-state index >= 15 is 0 Å². The minimum absolute atomic E-state index is 0.0913. The molecule has 3 rings (SSSR count). The molecule has 2 aromatic heterocycles. The Labute approximate surface area is 153 Å². The summed E-state index contributed by atoms with van der Waals surface area (Å²) in [5, 5.41) is 11.9. The van der Waals surface area contributed by atoms with Crippen LogP contribution in [-0.2, 0) is 16.1 Å². The van der Waals surface area contributed by atoms with Crippen molar-refractivity contribution in [2.24, 2.45) is 0 Å². The minimum atomic E-state index is -0.661. The first-order valence-electron chi connectivity index (χ1n) is 7.58. The number of halogens is 1. The molecule has 3 aromatic rings. The van der Waals surface area contributed by atoms with Gasteiger partial charge in [-0.2, -0.15) is 0 Å². The Balaban J connectivity index is 1.69. The lowest BCUT2D eigenvalue weighted by Crippen LogP contribution is -2.04. The van der Waals surface area contributed by atoms with Crippen LogP contribution in [0.25, 0.3) is 17.0 Å². The van der Waals surface area contributed by atoms with Gasteiger partial charge in [0.15, 0.2) is 0 Å². The third kappa shape index (κ3) is 3.73. The number of carbonyl (C=O) groups is 1. The van der Waals surface area contributed by atoms with Crippen LogP contribution in [-0.4, -0.2) is 15.9 Å². The fraction of sp³-hybridized carbons (Fsp3) is 0.111. The van der Waals surface area contributed by atoms with E-state index in [2.05, 4.69) is 4.98 Å². The van der Waals surface area contributed by atoms with Crippen molar-refractivity contribution >= 4 is 40.4 Å². The van der Waals surface area contributed by atoms with Crippen molar-refractivity contribution < 1.29 is 18.9 Å². The fourth-order valence-electron chi connectivity index (χ4n) is 2.38. The molecular formula is C18H13ClN2O5. The molecule has 0 unspecified atom stereocenters. The van der Waals surface area contributed by atoms with Gasteiger partial charge in [-0.1, -0.05) is 29.8 Å². The van der Waals surface area contributed by atoms with Crippen LogP contribution in [0.5, 0.6) is 0 Å². The second kappa shape index (κ2) is 7.37. The quantitative estimate of drug-likeness (QED) is 0.284. The average molecular weight is 373 g/mol. The van der Waals surface area contributed by atoms with Crippen molar-refractivity contribution in [3.05, 3.63) is 74.6 Å². The number of pyridine rings is 1. The van der Waals surface area contributed by atoms with Crippen molar-refractivity contribution in [2.45, 2.75) is 13.5 Å². The number of fused-ring (bicyclic) bond motifs is 1. The molecule has 0 aliphatic rings. The Morgan fingerprint density at radius 2 is 2.12 bits per heavy atom. The van der Waals surface area contributed by atoms with Crippen LogP contribution in [0.3, 0.4) is 0 Å². The summed E-state index contributed by atoms with van der Waals surface area (Å²) in [4.78, 5) is 26.1. The van der Waals surface area contributed by atoms with E-state index in [4.69, 9.17) is 20.8 Å². The molecular weight excluding hydrogens is 360 g/mol. The summed E-state index contributed by atoms with van der Waals surface area (Å²) in [5.41, 5.74) is 2.08. The number of nitrogens with zero attached hydrogens (tertiary/aromatic N) is 2. The molecule has 0 spiro atoms. The van der Waals surface area contributed by atoms with Crippen LogP contribution in [0.15, 0.2) is 46.9 Å². The molecule has 0 atom stereocenters. The van der Waals surface area contributed by atoms with Crippen LogP contribution < -0.4 is 0 Å². The standard InChI is InChI=1S/C18H13ClN2O5/c1-11-13-4-2-3-5-14(13)20-15(18(11)19)10-25-17(22)9-7-12-6-8-16(26-12)21(23)24/h2-9H,10H2,1H3/b9-7+. The van der Waals surface area contributed by atoms with Crippen molar-refractivity contribution in [2.75, 3.05) is 0 Å². The second-order valence-corrected chi connectivity index (χ2v) is 5.77. The molecule has 0 bridgehead atoms. The van der Waals surface area contributed by atoms with Gasteiger partial charge in [0, 0.05) is 11.5 Å². The zero-order valence-corrected chi connectivity index (χ0v) is 14.4. The van der Waals surface area contributed by atoms with Crippen molar-refractivity contribution in [1.29, 1.82) is 0 Å². The van der Waals surface area contributed by atoms with Gasteiger partial charge in [0.05, 0.1) is 22.3 Å². The molecule has 26 heavy (non-hydrogen) atoms. The zero-order valence-electron chi connectivity index (χ0n) is 13.6. The van der Waals surface area contributed by atoms with Crippen molar-refractivity contribution in [1.82, 2.24) is 4.98 Å². The first kappa shape index (κ1) is 17.6. The molecule has 0 fully saturated rings. The molecule has 0 N–H and O–H groups in total. The normalized spacial score (nSPS) is 11.2. The van der Waals surface area contributed by atoms with Gasteiger partial charge >= 0.3 is 11.9 Å². The van der Waals surface area contributed by atoms with Gasteiger partial charge in [-0.3, -0.25) is 10.1 Å². The average Bonchev–Trinajstić information content (AvgIpc) is 3.11. The first-order valence-corrected chi connectivity index (χ1v) is 7.96. The van der Waals surface area contributed by atoms with Gasteiger partial charge in [0.1, 0.15) is 17.3 Å². The van der Waals surface area contributed by atoms with Gasteiger partial charge in [0.25, 0.3) is 0 Å². The lowest BCUT2D eigenvalue weighted by molar-refractivity contribution is -0.402. The minimum Gasteiger partial charge on any atom is -0.456 e. The number of esters is 1. The molecule has 2 heterocycles. The second-order valence-electron chi connectivity index (χ2n) is 5.39. The van der Waals surface area contributed by atoms with Crippen LogP contribution in [0.1, 0.15) is 17.0 Å². The smallest absolute Gasteiger partial charge is 0.433 e. The number of hydrogen-bond acceptors (Lipinski definition) is 6. The number of furan rings is 1. The molecule has 1 aromatic carbocycles. The SMILES string of the molecule is Cc1c(Cl)c(COC(=O)/C=C/c2ccc([N+](=O)[O-])o2)nc2ccccc12. The number of ether oxygens (including phenoxy) is 1. The predicted octanol–water partition coefficient (Wildman–Crippen LogP) is 4.45. The van der Waals surface area contributed by atoms with E-state index in [-0.39, 0.29) is 12.4 Å². The van der Waals surface area contributed by atoms with E-state index in [0.29, 0.717) is 10.7 Å². The number of hydrogen-bond donors (Lipinski definition) is 0. The number of benzene rings is 1. The molecule has 0 aliphatic heterocycles. The summed E-state index contributed by atoms with van der Waals surface area (Å²) in [6, 6.07) is 10.1. The van der Waals surface area contributed by atoms with E-state index in [1.165, 1.54) is 18.2 Å². The molecule has 0 radical (unpaired) electrons. The summed E-state index contributed by atoms with van der Waals surface area (Å²) in [5.74, 6) is -0.875. The Morgan fingerprint density at radius 3 is 2.85 bits per heavy atom. The van der Waals surface area contributed by atoms with Crippen LogP contribution in [0.4, 0.5) is 5.88 Å². The molecule has 132 valence electrons. The zero-order chi connectivity index (χ0) is 18.7. The lowest BCUT2D eigenvalue weighted by atomic mass is 10.1. The third-order valence-corrected chi connectivity index (χ3v) is 4.18. The summed E-state index contributed by atoms with van der Waals surface area (Å²) in [6.45, 7) is 1.79. The number of aromatic nitrogens is 1. The van der Waals surface area contributed by atoms with Crippen LogP contribution >= 0.6 is 11.6 Å². The van der Waals surface area contributed by atoms with Crippen LogP contribution in [0.2, 0.25) is 5.02 Å². The Kier molecular flexibility index (Phi) is 4.99. The number of nitro groups is 1. The number of para-hydroxylation sites is 1. The molecule has 8 heteroatoms. The largest absolute Gasteiger partial charge is 0.456 e. The van der Waals surface area contributed by atoms with Gasteiger partial charge in [-0.25, -0.2) is 9.78 Å². The van der Waals surface area contributed by atoms with Gasteiger partial charge in [0.2, 0.25) is 0 Å². The number of rotatable bonds is 5. The van der Waals surface area contributed by atoms with Gasteiger partial charge in [-0.15, -0.1) is 0 Å². The Morgan fingerprint density at radius 1 is 1.35 bits per heavy atom. The first-order chi connectivity index (χ1) is 12.5. The highest BCUT2D eigenvalue weighted by atomic mass is 35.5. The molecule has 0 aliphatic carbocycles. The fourth-order valence-corrected chi connectivity index (χ4v) is 2.58. The Hall–Kier alpha value is -3.19. The lowest BCUT2D eigenvalue weighted by Gasteiger charge is -2.09. The topological polar surface area (TPSA) is 95.5 Å². The van der Waals surface area contributed by atoms with Crippen molar-refractivity contribution in [3.8, 4) is 0 Å². The van der Waals surface area contributed by atoms with E-state index in [0.717, 1.165) is 22.5 Å². The summed E-state index contributed by atoms with van der Waals surface area (Å²) >= 11 is 6.31. The van der Waals surface area contributed by atoms with Crippen LogP contribution in [0, 0.1) is 17.0 Å². The highest BCUT2D eigenvalue weighted by Crippen LogP contribution is 2.27. The molecule has 7 nitrogen and oxygen atoms in total. The van der Waals surface area contributed by atoms with Crippen molar-refractivity contribution in [3.63, 3.8) is 0 Å². The highest BCUT2D eigenvalue weighted by molar-refractivity contribution is 6.32. The molecule has 0 amide bonds. The summed E-state index contributed by atoms with van der Waals surface area (Å²) in [6.07, 6.45) is 2.40. The number of aryl methyl sites for hydroxylation is 1. The van der Waals surface area contributed by atoms with Gasteiger partial charge in [-0.05, 0) is 30.7 Å². The van der Waals surface area contributed by atoms with E-state index in [9.17, 15) is 14.9 Å². The molecule has 0 saturated carbocycles. The predicted molar refractivity (Wildman–Crippen MR) is 95.7 cm³/mol. The molecule has 0 saturated heterocycles. The van der Waals surface area contributed by atoms with Gasteiger partial charge < -0.3 is 9.15 Å². The van der Waals surface area contributed by atoms with E-state index in [1.54, 1.807) is 0 Å².